The van der Waals surface area contributed by atoms with E-state index in [2.05, 4.69) is 22.8 Å². The molecule has 0 bridgehead atoms. The van der Waals surface area contributed by atoms with Crippen molar-refractivity contribution in [2.24, 2.45) is 0 Å². The van der Waals surface area contributed by atoms with Crippen molar-refractivity contribution in [2.45, 2.75) is 38.3 Å². The molecule has 1 aromatic carbocycles. The highest BCUT2D eigenvalue weighted by atomic mass is 16.5. The first-order valence-corrected chi connectivity index (χ1v) is 6.89. The van der Waals surface area contributed by atoms with E-state index in [4.69, 9.17) is 4.74 Å². The summed E-state index contributed by atoms with van der Waals surface area (Å²) in [5.74, 6) is 0.0425. The second-order valence-electron chi connectivity index (χ2n) is 5.00. The summed E-state index contributed by atoms with van der Waals surface area (Å²) in [4.78, 5) is 11.6. The van der Waals surface area contributed by atoms with Crippen molar-refractivity contribution in [3.63, 3.8) is 0 Å². The van der Waals surface area contributed by atoms with Gasteiger partial charge in [-0.05, 0) is 37.0 Å². The number of nitrogens with one attached hydrogen (secondary N) is 2. The van der Waals surface area contributed by atoms with Gasteiger partial charge in [0.1, 0.15) is 0 Å². The highest BCUT2D eigenvalue weighted by Gasteiger charge is 2.19. The van der Waals surface area contributed by atoms with E-state index in [1.165, 1.54) is 18.4 Å². The maximum absolute atomic E-state index is 11.6. The molecular weight excluding hydrogens is 240 g/mol. The summed E-state index contributed by atoms with van der Waals surface area (Å²) in [5.41, 5.74) is 2.11. The van der Waals surface area contributed by atoms with Crippen LogP contribution in [0, 0.1) is 0 Å². The minimum Gasteiger partial charge on any atom is -0.385 e. The molecule has 1 saturated carbocycles. The summed E-state index contributed by atoms with van der Waals surface area (Å²) in [5, 5.41) is 6.36. The first-order chi connectivity index (χ1) is 9.28. The van der Waals surface area contributed by atoms with Crippen molar-refractivity contribution in [1.82, 2.24) is 5.32 Å². The number of hydrogen-bond donors (Lipinski definition) is 2. The van der Waals surface area contributed by atoms with Crippen LogP contribution in [0.5, 0.6) is 0 Å². The maximum Gasteiger partial charge on any atom is 0.224 e. The predicted molar refractivity (Wildman–Crippen MR) is 76.0 cm³/mol. The van der Waals surface area contributed by atoms with E-state index in [1.54, 1.807) is 7.11 Å². The number of methoxy groups -OCH3 is 1. The fourth-order valence-electron chi connectivity index (χ4n) is 1.86. The van der Waals surface area contributed by atoms with E-state index in [9.17, 15) is 4.79 Å². The van der Waals surface area contributed by atoms with E-state index in [-0.39, 0.29) is 5.91 Å². The molecule has 0 heterocycles. The fourth-order valence-corrected chi connectivity index (χ4v) is 1.86. The number of rotatable bonds is 8. The van der Waals surface area contributed by atoms with Gasteiger partial charge in [-0.3, -0.25) is 4.79 Å². The average Bonchev–Trinajstić information content (AvgIpc) is 3.22. The van der Waals surface area contributed by atoms with Crippen LogP contribution in [0.2, 0.25) is 0 Å². The van der Waals surface area contributed by atoms with Crippen molar-refractivity contribution in [3.8, 4) is 0 Å². The molecule has 2 rings (SSSR count). The minimum absolute atomic E-state index is 0.0425. The quantitative estimate of drug-likeness (QED) is 0.707. The molecule has 1 amide bonds. The lowest BCUT2D eigenvalue weighted by Crippen LogP contribution is -2.15. The molecule has 1 aromatic rings. The molecule has 0 saturated heterocycles. The Morgan fingerprint density at radius 1 is 1.32 bits per heavy atom. The van der Waals surface area contributed by atoms with Gasteiger partial charge in [0.15, 0.2) is 0 Å². The van der Waals surface area contributed by atoms with Crippen molar-refractivity contribution in [2.75, 3.05) is 19.0 Å². The molecule has 0 spiro atoms. The van der Waals surface area contributed by atoms with E-state index < -0.39 is 0 Å². The Hall–Kier alpha value is -1.39. The lowest BCUT2D eigenvalue weighted by atomic mass is 10.2. The Morgan fingerprint density at radius 3 is 2.68 bits per heavy atom. The first kappa shape index (κ1) is 14.0. The smallest absolute Gasteiger partial charge is 0.224 e. The van der Waals surface area contributed by atoms with E-state index >= 15 is 0 Å². The Morgan fingerprint density at radius 2 is 2.05 bits per heavy atom. The van der Waals surface area contributed by atoms with Crippen LogP contribution in [0.3, 0.4) is 0 Å². The first-order valence-electron chi connectivity index (χ1n) is 6.89. The molecule has 0 radical (unpaired) electrons. The predicted octanol–water partition coefficient (Wildman–Crippen LogP) is 2.30. The van der Waals surface area contributed by atoms with E-state index in [0.29, 0.717) is 13.0 Å². The number of carbonyl (C=O) groups is 1. The molecular formula is C15H22N2O2. The van der Waals surface area contributed by atoms with Gasteiger partial charge in [-0.25, -0.2) is 0 Å². The average molecular weight is 262 g/mol. The molecule has 0 aliphatic heterocycles. The Bertz CT molecular complexity index is 399. The van der Waals surface area contributed by atoms with Gasteiger partial charge in [0.25, 0.3) is 0 Å². The molecule has 0 atom stereocenters. The van der Waals surface area contributed by atoms with Gasteiger partial charge in [0, 0.05) is 38.4 Å². The van der Waals surface area contributed by atoms with Crippen LogP contribution in [0.1, 0.15) is 31.2 Å². The SMILES string of the molecule is COCCCC(=O)Nc1ccc(CNC2CC2)cc1. The fraction of sp³-hybridized carbons (Fsp3) is 0.533. The zero-order valence-electron chi connectivity index (χ0n) is 11.4. The molecule has 2 N–H and O–H groups in total. The Kier molecular flexibility index (Phi) is 5.36. The molecule has 1 aliphatic rings. The molecule has 1 fully saturated rings. The van der Waals surface area contributed by atoms with Gasteiger partial charge in [0.05, 0.1) is 0 Å². The standard InChI is InChI=1S/C15H22N2O2/c1-19-10-2-3-15(18)17-14-6-4-12(5-7-14)11-16-13-8-9-13/h4-7,13,16H,2-3,8-11H2,1H3,(H,17,18). The van der Waals surface area contributed by atoms with Crippen LogP contribution in [0.15, 0.2) is 24.3 Å². The van der Waals surface area contributed by atoms with Crippen molar-refractivity contribution < 1.29 is 9.53 Å². The van der Waals surface area contributed by atoms with Gasteiger partial charge in [0.2, 0.25) is 5.91 Å². The summed E-state index contributed by atoms with van der Waals surface area (Å²) < 4.78 is 4.92. The molecule has 19 heavy (non-hydrogen) atoms. The number of ether oxygens (including phenoxy) is 1. The van der Waals surface area contributed by atoms with Crippen LogP contribution >= 0.6 is 0 Å². The third-order valence-electron chi connectivity index (χ3n) is 3.16. The third-order valence-corrected chi connectivity index (χ3v) is 3.16. The summed E-state index contributed by atoms with van der Waals surface area (Å²) in [6.45, 7) is 1.53. The number of benzene rings is 1. The van der Waals surface area contributed by atoms with Crippen molar-refractivity contribution in [3.05, 3.63) is 29.8 Å². The lowest BCUT2D eigenvalue weighted by molar-refractivity contribution is -0.116. The number of hydrogen-bond acceptors (Lipinski definition) is 3. The van der Waals surface area contributed by atoms with E-state index in [1.807, 2.05) is 12.1 Å². The number of anilines is 1. The van der Waals surface area contributed by atoms with Gasteiger partial charge >= 0.3 is 0 Å². The Balaban J connectivity index is 1.72. The van der Waals surface area contributed by atoms with Gasteiger partial charge < -0.3 is 15.4 Å². The molecule has 4 nitrogen and oxygen atoms in total. The van der Waals surface area contributed by atoms with Gasteiger partial charge in [-0.1, -0.05) is 12.1 Å². The summed E-state index contributed by atoms with van der Waals surface area (Å²) in [7, 11) is 1.65. The zero-order valence-corrected chi connectivity index (χ0v) is 11.4. The number of amides is 1. The second kappa shape index (κ2) is 7.26. The molecule has 4 heteroatoms. The molecule has 1 aliphatic carbocycles. The monoisotopic (exact) mass is 262 g/mol. The van der Waals surface area contributed by atoms with Crippen LogP contribution in [-0.2, 0) is 16.1 Å². The maximum atomic E-state index is 11.6. The van der Waals surface area contributed by atoms with Crippen molar-refractivity contribution >= 4 is 11.6 Å². The molecule has 0 unspecified atom stereocenters. The summed E-state index contributed by atoms with van der Waals surface area (Å²) in [6.07, 6.45) is 3.86. The van der Waals surface area contributed by atoms with Crippen LogP contribution in [0.25, 0.3) is 0 Å². The summed E-state index contributed by atoms with van der Waals surface area (Å²) >= 11 is 0. The van der Waals surface area contributed by atoms with Gasteiger partial charge in [-0.2, -0.15) is 0 Å². The van der Waals surface area contributed by atoms with Crippen LogP contribution < -0.4 is 10.6 Å². The zero-order chi connectivity index (χ0) is 13.5. The second-order valence-corrected chi connectivity index (χ2v) is 5.00. The lowest BCUT2D eigenvalue weighted by Gasteiger charge is -2.07. The Labute approximate surface area is 114 Å². The number of carbonyl (C=O) groups excluding carboxylic acids is 1. The van der Waals surface area contributed by atoms with Crippen LogP contribution in [-0.4, -0.2) is 25.7 Å². The highest BCUT2D eigenvalue weighted by Crippen LogP contribution is 2.19. The molecule has 104 valence electrons. The molecule has 0 aromatic heterocycles. The van der Waals surface area contributed by atoms with Gasteiger partial charge in [-0.15, -0.1) is 0 Å². The van der Waals surface area contributed by atoms with Crippen molar-refractivity contribution in [1.29, 1.82) is 0 Å². The topological polar surface area (TPSA) is 50.4 Å². The van der Waals surface area contributed by atoms with E-state index in [0.717, 1.165) is 24.7 Å². The highest BCUT2D eigenvalue weighted by molar-refractivity contribution is 5.90. The van der Waals surface area contributed by atoms with Crippen LogP contribution in [0.4, 0.5) is 5.69 Å². The largest absolute Gasteiger partial charge is 0.385 e. The third kappa shape index (κ3) is 5.41. The normalized spacial score (nSPS) is 14.4. The minimum atomic E-state index is 0.0425. The summed E-state index contributed by atoms with van der Waals surface area (Å²) in [6, 6.07) is 8.75.